The van der Waals surface area contributed by atoms with E-state index < -0.39 is 0 Å². The van der Waals surface area contributed by atoms with Crippen LogP contribution in [-0.4, -0.2) is 39.3 Å². The Hall–Kier alpha value is -2.96. The molecule has 2 amide bonds. The third-order valence-electron chi connectivity index (χ3n) is 3.61. The van der Waals surface area contributed by atoms with Gasteiger partial charge in [-0.1, -0.05) is 12.1 Å². The molecule has 0 saturated heterocycles. The van der Waals surface area contributed by atoms with Crippen LogP contribution in [0.1, 0.15) is 11.3 Å². The normalized spacial score (nSPS) is 10.1. The van der Waals surface area contributed by atoms with Gasteiger partial charge in [0.25, 0.3) is 0 Å². The van der Waals surface area contributed by atoms with Crippen LogP contribution in [-0.2, 0) is 6.54 Å². The van der Waals surface area contributed by atoms with Crippen LogP contribution in [0.2, 0.25) is 0 Å². The lowest BCUT2D eigenvalue weighted by molar-refractivity contribution is 0.251. The largest absolute Gasteiger partial charge is 0.493 e. The van der Waals surface area contributed by atoms with Gasteiger partial charge in [0.15, 0.2) is 17.3 Å². The number of hydrogen-bond acceptors (Lipinski definition) is 5. The van der Waals surface area contributed by atoms with E-state index in [2.05, 4.69) is 15.6 Å². The molecule has 0 aliphatic heterocycles. The van der Waals surface area contributed by atoms with Crippen LogP contribution >= 0.6 is 0 Å². The maximum absolute atomic E-state index is 12.3. The van der Waals surface area contributed by atoms with Crippen LogP contribution < -0.4 is 25.0 Å². The summed E-state index contributed by atoms with van der Waals surface area (Å²) in [5.41, 5.74) is 2.35. The van der Waals surface area contributed by atoms with Gasteiger partial charge in [-0.05, 0) is 25.1 Å². The minimum Gasteiger partial charge on any atom is -0.493 e. The second-order valence-electron chi connectivity index (χ2n) is 5.68. The van der Waals surface area contributed by atoms with Crippen LogP contribution in [0.3, 0.4) is 0 Å². The van der Waals surface area contributed by atoms with E-state index in [4.69, 9.17) is 9.47 Å². The van der Waals surface area contributed by atoms with E-state index in [0.717, 1.165) is 11.3 Å². The van der Waals surface area contributed by atoms with Gasteiger partial charge in [-0.15, -0.1) is 0 Å². The van der Waals surface area contributed by atoms with E-state index >= 15 is 0 Å². The van der Waals surface area contributed by atoms with Gasteiger partial charge in [0.05, 0.1) is 19.9 Å². The molecule has 0 aliphatic rings. The van der Waals surface area contributed by atoms with Crippen LogP contribution in [0.5, 0.6) is 11.5 Å². The molecule has 7 nitrogen and oxygen atoms in total. The Bertz CT molecular complexity index is 747. The standard InChI is InChI=1S/C18H24N4O3/c1-12-9-10-14(17(20-12)22(2)3)21-18(23)19-11-13-7-6-8-15(24-4)16(13)25-5/h6-10H,11H2,1-5H3,(H2,19,21,23). The molecular formula is C18H24N4O3. The molecular weight excluding hydrogens is 320 g/mol. The summed E-state index contributed by atoms with van der Waals surface area (Å²) in [4.78, 5) is 18.6. The molecule has 7 heteroatoms. The topological polar surface area (TPSA) is 75.7 Å². The Balaban J connectivity index is 2.07. The number of benzene rings is 1. The predicted octanol–water partition coefficient (Wildman–Crippen LogP) is 2.79. The summed E-state index contributed by atoms with van der Waals surface area (Å²) >= 11 is 0. The monoisotopic (exact) mass is 344 g/mol. The number of ether oxygens (including phenoxy) is 2. The molecule has 2 N–H and O–H groups in total. The first-order valence-corrected chi connectivity index (χ1v) is 7.86. The Morgan fingerprint density at radius 1 is 1.16 bits per heavy atom. The fourth-order valence-electron chi connectivity index (χ4n) is 2.42. The number of nitrogens with one attached hydrogen (secondary N) is 2. The van der Waals surface area contributed by atoms with Crippen molar-refractivity contribution in [3.05, 3.63) is 41.6 Å². The Morgan fingerprint density at radius 3 is 2.56 bits per heavy atom. The van der Waals surface area contributed by atoms with Gasteiger partial charge in [0.2, 0.25) is 0 Å². The van der Waals surface area contributed by atoms with Gasteiger partial charge in [-0.2, -0.15) is 0 Å². The van der Waals surface area contributed by atoms with Crippen molar-refractivity contribution in [2.24, 2.45) is 0 Å². The summed E-state index contributed by atoms with van der Waals surface area (Å²) in [6.07, 6.45) is 0. The van der Waals surface area contributed by atoms with Crippen molar-refractivity contribution in [1.29, 1.82) is 0 Å². The molecule has 25 heavy (non-hydrogen) atoms. The van der Waals surface area contributed by atoms with Crippen molar-refractivity contribution < 1.29 is 14.3 Å². The number of aromatic nitrogens is 1. The van der Waals surface area contributed by atoms with E-state index in [1.54, 1.807) is 14.2 Å². The van der Waals surface area contributed by atoms with Crippen molar-refractivity contribution in [1.82, 2.24) is 10.3 Å². The molecule has 1 aromatic heterocycles. The maximum Gasteiger partial charge on any atom is 0.319 e. The highest BCUT2D eigenvalue weighted by Gasteiger charge is 2.13. The van der Waals surface area contributed by atoms with Crippen LogP contribution in [0.25, 0.3) is 0 Å². The number of carbonyl (C=O) groups excluding carboxylic acids is 1. The number of para-hydroxylation sites is 1. The zero-order valence-corrected chi connectivity index (χ0v) is 15.2. The summed E-state index contributed by atoms with van der Waals surface area (Å²) in [6, 6.07) is 8.91. The summed E-state index contributed by atoms with van der Waals surface area (Å²) in [5.74, 6) is 1.94. The first kappa shape index (κ1) is 18.4. The fraction of sp³-hybridized carbons (Fsp3) is 0.333. The van der Waals surface area contributed by atoms with E-state index in [1.807, 2.05) is 56.3 Å². The lowest BCUT2D eigenvalue weighted by Crippen LogP contribution is -2.29. The molecule has 0 aliphatic carbocycles. The van der Waals surface area contributed by atoms with Gasteiger partial charge in [0.1, 0.15) is 0 Å². The summed E-state index contributed by atoms with van der Waals surface area (Å²) in [6.45, 7) is 2.22. The molecule has 0 radical (unpaired) electrons. The maximum atomic E-state index is 12.3. The van der Waals surface area contributed by atoms with Crippen LogP contribution in [0.4, 0.5) is 16.3 Å². The molecule has 0 fully saturated rings. The SMILES string of the molecule is COc1cccc(CNC(=O)Nc2ccc(C)nc2N(C)C)c1OC. The number of rotatable bonds is 6. The van der Waals surface area contributed by atoms with Crippen molar-refractivity contribution in [2.45, 2.75) is 13.5 Å². The van der Waals surface area contributed by atoms with Gasteiger partial charge >= 0.3 is 6.03 Å². The smallest absolute Gasteiger partial charge is 0.319 e. The predicted molar refractivity (Wildman–Crippen MR) is 98.7 cm³/mol. The van der Waals surface area contributed by atoms with E-state index in [0.29, 0.717) is 29.5 Å². The van der Waals surface area contributed by atoms with Gasteiger partial charge in [-0.25, -0.2) is 9.78 Å². The number of methoxy groups -OCH3 is 2. The second kappa shape index (κ2) is 8.23. The minimum absolute atomic E-state index is 0.308. The Kier molecular flexibility index (Phi) is 6.05. The lowest BCUT2D eigenvalue weighted by Gasteiger charge is -2.18. The highest BCUT2D eigenvalue weighted by atomic mass is 16.5. The quantitative estimate of drug-likeness (QED) is 0.843. The molecule has 0 unspecified atom stereocenters. The number of anilines is 2. The van der Waals surface area contributed by atoms with Gasteiger partial charge < -0.3 is 25.0 Å². The van der Waals surface area contributed by atoms with Crippen LogP contribution in [0, 0.1) is 6.92 Å². The third-order valence-corrected chi connectivity index (χ3v) is 3.61. The molecule has 1 heterocycles. The summed E-state index contributed by atoms with van der Waals surface area (Å²) in [7, 11) is 6.91. The van der Waals surface area contributed by atoms with Gasteiger partial charge in [0, 0.05) is 31.9 Å². The third kappa shape index (κ3) is 4.53. The number of aryl methyl sites for hydroxylation is 1. The molecule has 2 rings (SSSR count). The van der Waals surface area contributed by atoms with Gasteiger partial charge in [-0.3, -0.25) is 0 Å². The fourth-order valence-corrected chi connectivity index (χ4v) is 2.42. The number of urea groups is 1. The minimum atomic E-state index is -0.321. The average molecular weight is 344 g/mol. The molecule has 0 spiro atoms. The molecule has 134 valence electrons. The van der Waals surface area contributed by atoms with Crippen molar-refractivity contribution in [2.75, 3.05) is 38.5 Å². The second-order valence-corrected chi connectivity index (χ2v) is 5.68. The van der Waals surface area contributed by atoms with Crippen molar-refractivity contribution >= 4 is 17.5 Å². The summed E-state index contributed by atoms with van der Waals surface area (Å²) < 4.78 is 10.6. The van der Waals surface area contributed by atoms with Crippen molar-refractivity contribution in [3.63, 3.8) is 0 Å². The summed E-state index contributed by atoms with van der Waals surface area (Å²) in [5, 5.41) is 5.65. The van der Waals surface area contributed by atoms with Crippen molar-refractivity contribution in [3.8, 4) is 11.5 Å². The zero-order chi connectivity index (χ0) is 18.4. The molecule has 2 aromatic rings. The van der Waals surface area contributed by atoms with Crippen LogP contribution in [0.15, 0.2) is 30.3 Å². The van der Waals surface area contributed by atoms with E-state index in [1.165, 1.54) is 0 Å². The molecule has 0 bridgehead atoms. The number of pyridine rings is 1. The Morgan fingerprint density at radius 2 is 1.92 bits per heavy atom. The highest BCUT2D eigenvalue weighted by molar-refractivity contribution is 5.92. The lowest BCUT2D eigenvalue weighted by atomic mass is 10.2. The molecule has 1 aromatic carbocycles. The average Bonchev–Trinajstić information content (AvgIpc) is 2.60. The number of hydrogen-bond donors (Lipinski definition) is 2. The Labute approximate surface area is 148 Å². The van der Waals surface area contributed by atoms with E-state index in [9.17, 15) is 4.79 Å². The zero-order valence-electron chi connectivity index (χ0n) is 15.2. The first-order valence-electron chi connectivity index (χ1n) is 7.86. The number of nitrogens with zero attached hydrogens (tertiary/aromatic N) is 2. The first-order chi connectivity index (χ1) is 12.0. The highest BCUT2D eigenvalue weighted by Crippen LogP contribution is 2.30. The molecule has 0 saturated carbocycles. The number of carbonyl (C=O) groups is 1. The molecule has 0 atom stereocenters. The van der Waals surface area contributed by atoms with E-state index in [-0.39, 0.29) is 6.03 Å². The number of amides is 2.